The molecule has 0 aliphatic heterocycles. The first-order valence-corrected chi connectivity index (χ1v) is 8.53. The van der Waals surface area contributed by atoms with Gasteiger partial charge in [-0.2, -0.15) is 0 Å². The molecular weight excluding hydrogens is 381 g/mol. The molecule has 0 aliphatic carbocycles. The van der Waals surface area contributed by atoms with E-state index >= 15 is 0 Å². The molecule has 0 aromatic heterocycles. The van der Waals surface area contributed by atoms with Gasteiger partial charge in [-0.3, -0.25) is 4.90 Å². The zero-order chi connectivity index (χ0) is 15.9. The Morgan fingerprint density at radius 1 is 1.24 bits per heavy atom. The number of hydrogen-bond acceptors (Lipinski definition) is 2. The van der Waals surface area contributed by atoms with E-state index in [0.717, 1.165) is 22.8 Å². The van der Waals surface area contributed by atoms with Crippen molar-refractivity contribution in [1.29, 1.82) is 0 Å². The van der Waals surface area contributed by atoms with Crippen LogP contribution in [0.2, 0.25) is 0 Å². The van der Waals surface area contributed by atoms with Crippen LogP contribution in [0.1, 0.15) is 51.5 Å². The summed E-state index contributed by atoms with van der Waals surface area (Å²) in [5.74, 6) is 0. The minimum Gasteiger partial charge on any atom is -0.465 e. The number of unbranched alkanes of at least 4 members (excludes halogenated alkanes) is 2. The molecule has 4 nitrogen and oxygen atoms in total. The van der Waals surface area contributed by atoms with Crippen molar-refractivity contribution in [2.45, 2.75) is 51.7 Å². The quantitative estimate of drug-likeness (QED) is 0.383. The van der Waals surface area contributed by atoms with Gasteiger partial charge in [-0.25, -0.2) is 4.79 Å². The van der Waals surface area contributed by atoms with Crippen molar-refractivity contribution in [2.75, 3.05) is 6.54 Å². The number of carboxylic acid groups (broad SMARTS) is 1. The molecule has 1 rings (SSSR count). The molecule has 0 saturated carbocycles. The van der Waals surface area contributed by atoms with E-state index in [0.29, 0.717) is 24.9 Å². The maximum Gasteiger partial charge on any atom is 0.409 e. The molecule has 2 N–H and O–H groups in total. The van der Waals surface area contributed by atoms with Gasteiger partial charge in [0.1, 0.15) is 0 Å². The van der Waals surface area contributed by atoms with Crippen LogP contribution in [0.4, 0.5) is 4.79 Å². The Balaban J connectivity index is 3.20. The lowest BCUT2D eigenvalue weighted by Crippen LogP contribution is -2.50. The van der Waals surface area contributed by atoms with E-state index in [4.69, 9.17) is 0 Å². The van der Waals surface area contributed by atoms with Gasteiger partial charge in [0, 0.05) is 15.7 Å². The predicted octanol–water partition coefficient (Wildman–Crippen LogP) is 4.41. The fourth-order valence-corrected chi connectivity index (χ4v) is 3.30. The number of carbonyl (C=O) groups is 1. The first kappa shape index (κ1) is 18.2. The fraction of sp³-hybridized carbons (Fsp3) is 0.562. The second-order valence-corrected chi connectivity index (χ2v) is 6.35. The summed E-state index contributed by atoms with van der Waals surface area (Å²) < 4.78 is 0.886. The summed E-state index contributed by atoms with van der Waals surface area (Å²) in [6.45, 7) is 4.33. The second kappa shape index (κ2) is 8.58. The third-order valence-electron chi connectivity index (χ3n) is 3.56. The smallest absolute Gasteiger partial charge is 0.409 e. The number of rotatable bonds is 8. The SMILES string of the molecule is CCCCC[C@@](O)(c1ccccc1I)N(CCC)C(=O)O. The topological polar surface area (TPSA) is 60.8 Å². The molecule has 0 radical (unpaired) electrons. The first-order chi connectivity index (χ1) is 9.97. The third kappa shape index (κ3) is 4.57. The maximum absolute atomic E-state index is 11.6. The minimum atomic E-state index is -1.45. The van der Waals surface area contributed by atoms with Gasteiger partial charge in [0.05, 0.1) is 0 Å². The maximum atomic E-state index is 11.6. The number of amides is 1. The van der Waals surface area contributed by atoms with Crippen LogP contribution in [0.5, 0.6) is 0 Å². The van der Waals surface area contributed by atoms with Gasteiger partial charge < -0.3 is 10.2 Å². The van der Waals surface area contributed by atoms with Crippen LogP contribution < -0.4 is 0 Å². The van der Waals surface area contributed by atoms with Crippen LogP contribution in [0, 0.1) is 3.57 Å². The van der Waals surface area contributed by atoms with Crippen molar-refractivity contribution in [2.24, 2.45) is 0 Å². The van der Waals surface area contributed by atoms with Crippen molar-refractivity contribution >= 4 is 28.7 Å². The summed E-state index contributed by atoms with van der Waals surface area (Å²) in [5.41, 5.74) is -0.771. The van der Waals surface area contributed by atoms with Gasteiger partial charge in [-0.1, -0.05) is 44.9 Å². The van der Waals surface area contributed by atoms with Gasteiger partial charge in [-0.05, 0) is 47.9 Å². The number of nitrogens with zero attached hydrogens (tertiary/aromatic N) is 1. The van der Waals surface area contributed by atoms with Crippen LogP contribution >= 0.6 is 22.6 Å². The molecule has 0 heterocycles. The Morgan fingerprint density at radius 2 is 1.90 bits per heavy atom. The second-order valence-electron chi connectivity index (χ2n) is 5.19. The zero-order valence-electron chi connectivity index (χ0n) is 12.7. The highest BCUT2D eigenvalue weighted by molar-refractivity contribution is 14.1. The lowest BCUT2D eigenvalue weighted by molar-refractivity contribution is -0.107. The Bertz CT molecular complexity index is 467. The lowest BCUT2D eigenvalue weighted by Gasteiger charge is -2.39. The number of benzene rings is 1. The van der Waals surface area contributed by atoms with Crippen molar-refractivity contribution in [3.8, 4) is 0 Å². The summed E-state index contributed by atoms with van der Waals surface area (Å²) in [6, 6.07) is 7.45. The molecule has 1 amide bonds. The number of aliphatic hydroxyl groups is 1. The van der Waals surface area contributed by atoms with E-state index in [-0.39, 0.29) is 0 Å². The molecule has 5 heteroatoms. The molecule has 118 valence electrons. The van der Waals surface area contributed by atoms with Gasteiger partial charge >= 0.3 is 6.09 Å². The summed E-state index contributed by atoms with van der Waals surface area (Å²) in [5, 5.41) is 20.7. The highest BCUT2D eigenvalue weighted by Crippen LogP contribution is 2.34. The molecule has 0 aliphatic rings. The van der Waals surface area contributed by atoms with E-state index in [1.807, 2.05) is 31.2 Å². The first-order valence-electron chi connectivity index (χ1n) is 7.45. The van der Waals surface area contributed by atoms with Gasteiger partial charge in [0.2, 0.25) is 0 Å². The average molecular weight is 405 g/mol. The van der Waals surface area contributed by atoms with Crippen molar-refractivity contribution in [1.82, 2.24) is 4.90 Å². The van der Waals surface area contributed by atoms with Crippen LogP contribution in [0.3, 0.4) is 0 Å². The Hall–Kier alpha value is -0.820. The molecule has 1 atom stereocenters. The molecule has 21 heavy (non-hydrogen) atoms. The molecule has 0 saturated heterocycles. The van der Waals surface area contributed by atoms with Crippen LogP contribution in [0.25, 0.3) is 0 Å². The highest BCUT2D eigenvalue weighted by atomic mass is 127. The van der Waals surface area contributed by atoms with Crippen molar-refractivity contribution in [3.05, 3.63) is 33.4 Å². The van der Waals surface area contributed by atoms with E-state index in [1.165, 1.54) is 4.90 Å². The lowest BCUT2D eigenvalue weighted by atomic mass is 9.94. The zero-order valence-corrected chi connectivity index (χ0v) is 14.8. The largest absolute Gasteiger partial charge is 0.465 e. The normalized spacial score (nSPS) is 13.7. The van der Waals surface area contributed by atoms with Gasteiger partial charge in [0.15, 0.2) is 5.72 Å². The molecule has 1 aromatic carbocycles. The molecular formula is C16H24INO3. The van der Waals surface area contributed by atoms with Crippen LogP contribution in [-0.2, 0) is 5.72 Å². The predicted molar refractivity (Wildman–Crippen MR) is 92.2 cm³/mol. The Morgan fingerprint density at radius 3 is 2.43 bits per heavy atom. The van der Waals surface area contributed by atoms with Crippen LogP contribution in [-0.4, -0.2) is 27.8 Å². The van der Waals surface area contributed by atoms with Crippen molar-refractivity contribution < 1.29 is 15.0 Å². The standard InChI is InChI=1S/C16H24INO3/c1-3-5-8-11-16(21,18(12-4-2)15(19)20)13-9-6-7-10-14(13)17/h6-7,9-10,21H,3-5,8,11-12H2,1-2H3,(H,19,20)/t16-/m1/s1. The third-order valence-corrected chi connectivity index (χ3v) is 4.50. The van der Waals surface area contributed by atoms with E-state index < -0.39 is 11.8 Å². The molecule has 0 unspecified atom stereocenters. The van der Waals surface area contributed by atoms with Crippen LogP contribution in [0.15, 0.2) is 24.3 Å². The fourth-order valence-electron chi connectivity index (χ4n) is 2.48. The summed E-state index contributed by atoms with van der Waals surface area (Å²) in [7, 11) is 0. The number of halogens is 1. The van der Waals surface area contributed by atoms with E-state index in [2.05, 4.69) is 29.5 Å². The summed E-state index contributed by atoms with van der Waals surface area (Å²) in [6.07, 6.45) is 2.83. The van der Waals surface area contributed by atoms with Crippen molar-refractivity contribution in [3.63, 3.8) is 0 Å². The van der Waals surface area contributed by atoms with Gasteiger partial charge in [-0.15, -0.1) is 0 Å². The molecule has 0 fully saturated rings. The summed E-state index contributed by atoms with van der Waals surface area (Å²) in [4.78, 5) is 12.8. The van der Waals surface area contributed by atoms with E-state index in [1.54, 1.807) is 0 Å². The molecule has 0 bridgehead atoms. The Kier molecular flexibility index (Phi) is 7.45. The summed E-state index contributed by atoms with van der Waals surface area (Å²) >= 11 is 2.15. The average Bonchev–Trinajstić information content (AvgIpc) is 2.45. The number of hydrogen-bond donors (Lipinski definition) is 2. The Labute approximate surface area is 140 Å². The van der Waals surface area contributed by atoms with Gasteiger partial charge in [0.25, 0.3) is 0 Å². The molecule has 0 spiro atoms. The molecule has 1 aromatic rings. The highest BCUT2D eigenvalue weighted by Gasteiger charge is 2.39. The van der Waals surface area contributed by atoms with E-state index in [9.17, 15) is 15.0 Å². The monoisotopic (exact) mass is 405 g/mol. The minimum absolute atomic E-state index is 0.322.